The van der Waals surface area contributed by atoms with Gasteiger partial charge in [-0.2, -0.15) is 0 Å². The van der Waals surface area contributed by atoms with E-state index in [-0.39, 0.29) is 6.61 Å². The van der Waals surface area contributed by atoms with Crippen molar-refractivity contribution >= 4 is 42.6 Å². The zero-order chi connectivity index (χ0) is 17.2. The van der Waals surface area contributed by atoms with E-state index in [1.54, 1.807) is 34.6 Å². The summed E-state index contributed by atoms with van der Waals surface area (Å²) in [5, 5.41) is -1.02. The minimum Gasteiger partial charge on any atom is -0.465 e. The fourth-order valence-electron chi connectivity index (χ4n) is 1.72. The summed E-state index contributed by atoms with van der Waals surface area (Å²) in [6.07, 6.45) is 0. The van der Waals surface area contributed by atoms with Crippen LogP contribution in [0.2, 0.25) is 0 Å². The number of ether oxygens (including phenoxy) is 1. The molecule has 0 aliphatic rings. The molecule has 22 heavy (non-hydrogen) atoms. The van der Waals surface area contributed by atoms with E-state index in [0.717, 1.165) is 0 Å². The lowest BCUT2D eigenvalue weighted by atomic mass is 10.7. The molecule has 0 saturated carbocycles. The molecule has 0 saturated heterocycles. The average molecular weight is 392 g/mol. The van der Waals surface area contributed by atoms with Crippen molar-refractivity contribution < 1.29 is 27.6 Å². The topological polar surface area (TPSA) is 63.2 Å². The third kappa shape index (κ3) is 6.25. The molecule has 0 aromatic heterocycles. The second kappa shape index (κ2) is 11.2. The van der Waals surface area contributed by atoms with Gasteiger partial charge in [0, 0.05) is 0 Å². The molecule has 0 spiro atoms. The zero-order valence-electron chi connectivity index (χ0n) is 13.8. The van der Waals surface area contributed by atoms with Gasteiger partial charge in [-0.1, -0.05) is 0 Å². The minimum atomic E-state index is -3.04. The van der Waals surface area contributed by atoms with Crippen LogP contribution in [-0.2, 0) is 51.2 Å². The maximum atomic E-state index is 12.5. The van der Waals surface area contributed by atoms with E-state index in [9.17, 15) is 4.79 Å². The Balaban J connectivity index is 5.91. The van der Waals surface area contributed by atoms with Gasteiger partial charge in [-0.05, 0) is 58.2 Å². The van der Waals surface area contributed by atoms with Crippen molar-refractivity contribution in [3.8, 4) is 0 Å². The number of esters is 1. The average Bonchev–Trinajstić information content (AvgIpc) is 2.39. The monoisotopic (exact) mass is 392 g/mol. The summed E-state index contributed by atoms with van der Waals surface area (Å²) in [5.41, 5.74) is 0. The van der Waals surface area contributed by atoms with Crippen molar-refractivity contribution in [3.63, 3.8) is 0 Å². The first kappa shape index (κ1) is 22.6. The lowest BCUT2D eigenvalue weighted by Crippen LogP contribution is -2.28. The molecule has 0 heterocycles. The van der Waals surface area contributed by atoms with Crippen LogP contribution < -0.4 is 0 Å². The summed E-state index contributed by atoms with van der Waals surface area (Å²) in [5.74, 6) is -0.571. The van der Waals surface area contributed by atoms with E-state index in [1.165, 1.54) is 0 Å². The van der Waals surface area contributed by atoms with Crippen LogP contribution in [0.15, 0.2) is 0 Å². The molecule has 0 amide bonds. The van der Waals surface area contributed by atoms with Crippen molar-refractivity contribution in [3.05, 3.63) is 0 Å². The molecule has 0 radical (unpaired) electrons. The Hall–Kier alpha value is 0.610. The minimum absolute atomic E-state index is 0.205. The predicted octanol–water partition coefficient (Wildman–Crippen LogP) is 3.64. The molecule has 0 atom stereocenters. The van der Waals surface area contributed by atoms with Gasteiger partial charge in [-0.3, -0.25) is 4.79 Å². The molecular weight excluding hydrogens is 366 g/mol. The van der Waals surface area contributed by atoms with Gasteiger partial charge < -0.3 is 22.8 Å². The highest BCUT2D eigenvalue weighted by molar-refractivity contribution is 8.20. The SMILES string of the molecule is CCOC(=O)C(P(=S)(OCC)OCC)P(=S)(OCC)OCC. The Kier molecular flexibility index (Phi) is 11.5. The van der Waals surface area contributed by atoms with Crippen LogP contribution in [0.25, 0.3) is 0 Å². The normalized spacial score (nSPS) is 12.6. The molecule has 0 N–H and O–H groups in total. The molecule has 0 fully saturated rings. The second-order valence-electron chi connectivity index (χ2n) is 3.88. The van der Waals surface area contributed by atoms with Crippen LogP contribution in [0.5, 0.6) is 0 Å². The van der Waals surface area contributed by atoms with E-state index in [2.05, 4.69) is 0 Å². The summed E-state index contributed by atoms with van der Waals surface area (Å²) >= 11 is 11.1. The number of carbonyl (C=O) groups is 1. The maximum Gasteiger partial charge on any atom is 0.328 e. The molecule has 132 valence electrons. The van der Waals surface area contributed by atoms with Gasteiger partial charge in [0.15, 0.2) is 0 Å². The summed E-state index contributed by atoms with van der Waals surface area (Å²) < 4.78 is 27.7. The Bertz CT molecular complexity index is 382. The van der Waals surface area contributed by atoms with Gasteiger partial charge >= 0.3 is 5.97 Å². The number of hydrogen-bond donors (Lipinski definition) is 0. The fraction of sp³-hybridized carbons (Fsp3) is 0.917. The van der Waals surface area contributed by atoms with Crippen LogP contribution in [0, 0.1) is 0 Å². The molecule has 0 aromatic rings. The summed E-state index contributed by atoms with van der Waals surface area (Å²) in [6.45, 7) is 4.20. The zero-order valence-corrected chi connectivity index (χ0v) is 17.2. The van der Waals surface area contributed by atoms with Gasteiger partial charge in [0.05, 0.1) is 33.0 Å². The first-order valence-corrected chi connectivity index (χ1v) is 12.7. The van der Waals surface area contributed by atoms with Crippen molar-refractivity contribution in [2.24, 2.45) is 0 Å². The van der Waals surface area contributed by atoms with Gasteiger partial charge in [0.2, 0.25) is 18.4 Å². The molecule has 0 aliphatic carbocycles. The van der Waals surface area contributed by atoms with Gasteiger partial charge in [0.25, 0.3) is 0 Å². The number of carbonyl (C=O) groups excluding carboxylic acids is 1. The smallest absolute Gasteiger partial charge is 0.328 e. The first-order chi connectivity index (χ1) is 10.3. The lowest BCUT2D eigenvalue weighted by Gasteiger charge is -2.34. The predicted molar refractivity (Wildman–Crippen MR) is 95.5 cm³/mol. The third-order valence-corrected chi connectivity index (χ3v) is 11.7. The summed E-state index contributed by atoms with van der Waals surface area (Å²) in [6, 6.07) is 0. The molecule has 0 unspecified atom stereocenters. The van der Waals surface area contributed by atoms with Crippen LogP contribution in [0.1, 0.15) is 34.6 Å². The van der Waals surface area contributed by atoms with Crippen molar-refractivity contribution in [2.45, 2.75) is 40.0 Å². The van der Waals surface area contributed by atoms with Crippen LogP contribution in [0.4, 0.5) is 0 Å². The molecule has 0 rings (SSSR count). The van der Waals surface area contributed by atoms with Gasteiger partial charge in [0.1, 0.15) is 0 Å². The Morgan fingerprint density at radius 2 is 1.09 bits per heavy atom. The Labute approximate surface area is 143 Å². The number of hydrogen-bond acceptors (Lipinski definition) is 8. The van der Waals surface area contributed by atoms with E-state index >= 15 is 0 Å². The summed E-state index contributed by atoms with van der Waals surface area (Å²) in [4.78, 5) is 12.5. The third-order valence-electron chi connectivity index (χ3n) is 2.33. The van der Waals surface area contributed by atoms with Gasteiger partial charge in [-0.15, -0.1) is 0 Å². The van der Waals surface area contributed by atoms with Gasteiger partial charge in [-0.25, -0.2) is 0 Å². The highest BCUT2D eigenvalue weighted by atomic mass is 32.5. The largest absolute Gasteiger partial charge is 0.465 e. The summed E-state index contributed by atoms with van der Waals surface area (Å²) in [7, 11) is 0. The molecule has 10 heteroatoms. The highest BCUT2D eigenvalue weighted by Crippen LogP contribution is 2.71. The molecule has 0 bridgehead atoms. The highest BCUT2D eigenvalue weighted by Gasteiger charge is 2.50. The van der Waals surface area contributed by atoms with E-state index in [0.29, 0.717) is 26.4 Å². The van der Waals surface area contributed by atoms with Crippen LogP contribution in [0.3, 0.4) is 0 Å². The van der Waals surface area contributed by atoms with Crippen LogP contribution in [-0.4, -0.2) is 44.4 Å². The van der Waals surface area contributed by atoms with Crippen LogP contribution >= 0.6 is 13.0 Å². The Morgan fingerprint density at radius 1 is 0.773 bits per heavy atom. The molecule has 0 aromatic carbocycles. The van der Waals surface area contributed by atoms with Crippen molar-refractivity contribution in [1.29, 1.82) is 0 Å². The quantitative estimate of drug-likeness (QED) is 0.369. The molecule has 0 aliphatic heterocycles. The fourth-order valence-corrected chi connectivity index (χ4v) is 11.3. The van der Waals surface area contributed by atoms with Crippen molar-refractivity contribution in [2.75, 3.05) is 33.0 Å². The second-order valence-corrected chi connectivity index (χ2v) is 11.6. The van der Waals surface area contributed by atoms with E-state index in [1.807, 2.05) is 0 Å². The maximum absolute atomic E-state index is 12.5. The number of rotatable bonds is 12. The first-order valence-electron chi connectivity index (χ1n) is 7.29. The molecular formula is C12H26O6P2S2. The standard InChI is InChI=1S/C12H26O6P2S2/c1-6-14-11(13)12(19(21,15-7-2)16-8-3)20(22,17-9-4)18-10-5/h12H,6-10H2,1-5H3. The van der Waals surface area contributed by atoms with E-state index in [4.69, 9.17) is 46.4 Å². The molecule has 6 nitrogen and oxygen atoms in total. The van der Waals surface area contributed by atoms with Crippen molar-refractivity contribution in [1.82, 2.24) is 0 Å². The Morgan fingerprint density at radius 3 is 1.32 bits per heavy atom. The lowest BCUT2D eigenvalue weighted by molar-refractivity contribution is -0.141. The van der Waals surface area contributed by atoms with E-state index < -0.39 is 24.4 Å².